The summed E-state index contributed by atoms with van der Waals surface area (Å²) in [4.78, 5) is 43.0. The lowest BCUT2D eigenvalue weighted by Gasteiger charge is -2.26. The van der Waals surface area contributed by atoms with Crippen LogP contribution in [0.2, 0.25) is 0 Å². The SMILES string of the molecule is Cc1ccc(Cn2cc(/C=C3\C(=O)NC(=O)N(c4ccncc4)C3=O)c3ccccc32)cc1. The largest absolute Gasteiger partial charge is 0.342 e. The minimum atomic E-state index is -0.782. The number of imide groups is 2. The first-order valence-electron chi connectivity index (χ1n) is 10.5. The predicted molar refractivity (Wildman–Crippen MR) is 125 cm³/mol. The topological polar surface area (TPSA) is 84.3 Å². The molecule has 0 aliphatic carbocycles. The zero-order valence-electron chi connectivity index (χ0n) is 17.9. The van der Waals surface area contributed by atoms with E-state index >= 15 is 0 Å². The maximum absolute atomic E-state index is 13.2. The Balaban J connectivity index is 1.56. The molecule has 1 N–H and O–H groups in total. The molecule has 4 amide bonds. The van der Waals surface area contributed by atoms with E-state index < -0.39 is 17.8 Å². The Morgan fingerprint density at radius 2 is 1.67 bits per heavy atom. The van der Waals surface area contributed by atoms with Crippen LogP contribution in [-0.4, -0.2) is 27.4 Å². The molecule has 0 saturated carbocycles. The number of urea groups is 1. The first kappa shape index (κ1) is 20.4. The average molecular weight is 436 g/mol. The smallest absolute Gasteiger partial charge is 0.335 e. The van der Waals surface area contributed by atoms with E-state index in [-0.39, 0.29) is 5.57 Å². The van der Waals surface area contributed by atoms with E-state index in [0.29, 0.717) is 12.2 Å². The minimum Gasteiger partial charge on any atom is -0.342 e. The molecule has 5 rings (SSSR count). The second kappa shape index (κ2) is 8.20. The third kappa shape index (κ3) is 3.80. The highest BCUT2D eigenvalue weighted by Gasteiger charge is 2.37. The standard InChI is InChI=1S/C26H20N4O3/c1-17-6-8-18(9-7-17)15-29-16-19(21-4-2-3-5-23(21)29)14-22-24(31)28-26(33)30(25(22)32)20-10-12-27-13-11-20/h2-14,16H,15H2,1H3,(H,28,31,33)/b22-14+. The number of rotatable bonds is 4. The van der Waals surface area contributed by atoms with Crippen LogP contribution in [-0.2, 0) is 16.1 Å². The molecule has 7 heteroatoms. The van der Waals surface area contributed by atoms with Crippen molar-refractivity contribution in [2.45, 2.75) is 13.5 Å². The third-order valence-electron chi connectivity index (χ3n) is 5.62. The zero-order chi connectivity index (χ0) is 22.9. The van der Waals surface area contributed by atoms with Crippen LogP contribution in [0.15, 0.2) is 84.8 Å². The van der Waals surface area contributed by atoms with Crippen molar-refractivity contribution >= 4 is 40.5 Å². The number of hydrogen-bond donors (Lipinski definition) is 1. The Morgan fingerprint density at radius 1 is 0.939 bits per heavy atom. The van der Waals surface area contributed by atoms with Crippen molar-refractivity contribution < 1.29 is 14.4 Å². The number of carbonyl (C=O) groups excluding carboxylic acids is 3. The van der Waals surface area contributed by atoms with Gasteiger partial charge in [-0.05, 0) is 36.8 Å². The molecular weight excluding hydrogens is 416 g/mol. The number of carbonyl (C=O) groups is 3. The number of nitrogens with one attached hydrogen (secondary N) is 1. The van der Waals surface area contributed by atoms with Crippen molar-refractivity contribution in [1.82, 2.24) is 14.9 Å². The fourth-order valence-corrected chi connectivity index (χ4v) is 3.95. The summed E-state index contributed by atoms with van der Waals surface area (Å²) < 4.78 is 2.09. The monoisotopic (exact) mass is 436 g/mol. The highest BCUT2D eigenvalue weighted by molar-refractivity contribution is 6.39. The lowest BCUT2D eigenvalue weighted by molar-refractivity contribution is -0.122. The Hall–Kier alpha value is -4.52. The molecule has 1 fully saturated rings. The van der Waals surface area contributed by atoms with Crippen LogP contribution in [0.25, 0.3) is 17.0 Å². The van der Waals surface area contributed by atoms with Crippen molar-refractivity contribution in [2.75, 3.05) is 4.90 Å². The van der Waals surface area contributed by atoms with E-state index in [2.05, 4.69) is 39.1 Å². The number of aromatic nitrogens is 2. The van der Waals surface area contributed by atoms with Gasteiger partial charge in [0.2, 0.25) is 0 Å². The van der Waals surface area contributed by atoms with Crippen LogP contribution < -0.4 is 10.2 Å². The molecule has 0 bridgehead atoms. The first-order valence-corrected chi connectivity index (χ1v) is 10.5. The minimum absolute atomic E-state index is 0.107. The Bertz CT molecular complexity index is 1420. The normalized spacial score (nSPS) is 15.4. The summed E-state index contributed by atoms with van der Waals surface area (Å²) in [6.07, 6.45) is 6.43. The second-order valence-corrected chi connectivity index (χ2v) is 7.88. The molecule has 33 heavy (non-hydrogen) atoms. The number of para-hydroxylation sites is 1. The molecule has 0 atom stereocenters. The van der Waals surface area contributed by atoms with Gasteiger partial charge in [0.25, 0.3) is 11.8 Å². The van der Waals surface area contributed by atoms with Gasteiger partial charge in [0, 0.05) is 41.6 Å². The summed E-state index contributed by atoms with van der Waals surface area (Å²) in [5.41, 5.74) is 4.27. The molecule has 162 valence electrons. The summed E-state index contributed by atoms with van der Waals surface area (Å²) in [5, 5.41) is 3.17. The van der Waals surface area contributed by atoms with Gasteiger partial charge < -0.3 is 4.57 Å². The predicted octanol–water partition coefficient (Wildman–Crippen LogP) is 4.06. The highest BCUT2D eigenvalue weighted by Crippen LogP contribution is 2.27. The van der Waals surface area contributed by atoms with Crippen LogP contribution >= 0.6 is 0 Å². The summed E-state index contributed by atoms with van der Waals surface area (Å²) in [7, 11) is 0. The molecule has 0 unspecified atom stereocenters. The van der Waals surface area contributed by atoms with E-state index in [1.54, 1.807) is 18.2 Å². The maximum atomic E-state index is 13.2. The van der Waals surface area contributed by atoms with Crippen molar-refractivity contribution in [3.8, 4) is 0 Å². The molecular formula is C26H20N4O3. The fraction of sp³-hybridized carbons (Fsp3) is 0.0769. The number of amides is 4. The van der Waals surface area contributed by atoms with Gasteiger partial charge in [-0.3, -0.25) is 19.9 Å². The number of aryl methyl sites for hydroxylation is 1. The lowest BCUT2D eigenvalue weighted by Crippen LogP contribution is -2.54. The second-order valence-electron chi connectivity index (χ2n) is 7.88. The molecule has 2 aromatic carbocycles. The summed E-state index contributed by atoms with van der Waals surface area (Å²) >= 11 is 0. The lowest BCUT2D eigenvalue weighted by atomic mass is 10.1. The van der Waals surface area contributed by atoms with Crippen molar-refractivity contribution in [3.63, 3.8) is 0 Å². The summed E-state index contributed by atoms with van der Waals surface area (Å²) in [5.74, 6) is -1.39. The first-order chi connectivity index (χ1) is 16.0. The number of barbiturate groups is 1. The molecule has 1 aliphatic rings. The van der Waals surface area contributed by atoms with Crippen LogP contribution in [0, 0.1) is 6.92 Å². The fourth-order valence-electron chi connectivity index (χ4n) is 3.95. The Morgan fingerprint density at radius 3 is 2.42 bits per heavy atom. The summed E-state index contributed by atoms with van der Waals surface area (Å²) in [6, 6.07) is 18.4. The molecule has 0 radical (unpaired) electrons. The molecule has 7 nitrogen and oxygen atoms in total. The molecule has 4 aromatic rings. The van der Waals surface area contributed by atoms with Gasteiger partial charge in [-0.2, -0.15) is 0 Å². The maximum Gasteiger partial charge on any atom is 0.335 e. The third-order valence-corrected chi connectivity index (χ3v) is 5.62. The Labute approximate surface area is 190 Å². The van der Waals surface area contributed by atoms with Gasteiger partial charge in [0.15, 0.2) is 0 Å². The van der Waals surface area contributed by atoms with Crippen LogP contribution in [0.1, 0.15) is 16.7 Å². The van der Waals surface area contributed by atoms with Crippen molar-refractivity contribution in [3.05, 3.63) is 102 Å². The number of benzene rings is 2. The van der Waals surface area contributed by atoms with Crippen LogP contribution in [0.5, 0.6) is 0 Å². The van der Waals surface area contributed by atoms with Crippen molar-refractivity contribution in [1.29, 1.82) is 0 Å². The van der Waals surface area contributed by atoms with E-state index in [1.807, 2.05) is 37.4 Å². The molecule has 3 heterocycles. The van der Waals surface area contributed by atoms with Gasteiger partial charge in [-0.15, -0.1) is 0 Å². The van der Waals surface area contributed by atoms with Gasteiger partial charge in [0.1, 0.15) is 5.57 Å². The van der Waals surface area contributed by atoms with Gasteiger partial charge in [-0.1, -0.05) is 48.0 Å². The van der Waals surface area contributed by atoms with Gasteiger partial charge in [-0.25, -0.2) is 9.69 Å². The number of pyridine rings is 1. The number of anilines is 1. The van der Waals surface area contributed by atoms with E-state index in [1.165, 1.54) is 18.0 Å². The van der Waals surface area contributed by atoms with Crippen LogP contribution in [0.3, 0.4) is 0 Å². The van der Waals surface area contributed by atoms with Crippen molar-refractivity contribution in [2.24, 2.45) is 0 Å². The number of nitrogens with zero attached hydrogens (tertiary/aromatic N) is 3. The zero-order valence-corrected chi connectivity index (χ0v) is 17.9. The van der Waals surface area contributed by atoms with Gasteiger partial charge in [0.05, 0.1) is 5.69 Å². The molecule has 1 aliphatic heterocycles. The van der Waals surface area contributed by atoms with E-state index in [9.17, 15) is 14.4 Å². The quantitative estimate of drug-likeness (QED) is 0.386. The molecule has 2 aromatic heterocycles. The van der Waals surface area contributed by atoms with Gasteiger partial charge >= 0.3 is 6.03 Å². The average Bonchev–Trinajstić information content (AvgIpc) is 3.16. The van der Waals surface area contributed by atoms with E-state index in [4.69, 9.17) is 0 Å². The highest BCUT2D eigenvalue weighted by atomic mass is 16.2. The Kier molecular flexibility index (Phi) is 5.06. The van der Waals surface area contributed by atoms with Crippen LogP contribution in [0.4, 0.5) is 10.5 Å². The molecule has 0 spiro atoms. The molecule has 1 saturated heterocycles. The number of hydrogen-bond acceptors (Lipinski definition) is 4. The number of fused-ring (bicyclic) bond motifs is 1. The van der Waals surface area contributed by atoms with E-state index in [0.717, 1.165) is 26.9 Å². The summed E-state index contributed by atoms with van der Waals surface area (Å²) in [6.45, 7) is 2.69.